The molecule has 0 amide bonds. The van der Waals surface area contributed by atoms with Gasteiger partial charge in [0.15, 0.2) is 0 Å². The van der Waals surface area contributed by atoms with Gasteiger partial charge >= 0.3 is 5.97 Å². The first-order valence-electron chi connectivity index (χ1n) is 5.57. The van der Waals surface area contributed by atoms with Crippen LogP contribution in [0.2, 0.25) is 0 Å². The third kappa shape index (κ3) is 3.93. The fourth-order valence-electron chi connectivity index (χ4n) is 1.58. The Morgan fingerprint density at radius 3 is 2.50 bits per heavy atom. The molecule has 88 valence electrons. The third-order valence-corrected chi connectivity index (χ3v) is 2.46. The van der Waals surface area contributed by atoms with Gasteiger partial charge in [-0.2, -0.15) is 0 Å². The van der Waals surface area contributed by atoms with Gasteiger partial charge in [-0.05, 0) is 18.6 Å². The fourth-order valence-corrected chi connectivity index (χ4v) is 1.58. The number of anilines is 1. The number of para-hydroxylation sites is 1. The number of carbonyl (C=O) groups is 1. The molecule has 0 aromatic heterocycles. The van der Waals surface area contributed by atoms with E-state index in [1.54, 1.807) is 0 Å². The van der Waals surface area contributed by atoms with Crippen LogP contribution in [0.3, 0.4) is 0 Å². The standard InChI is InChI=1S/C13H19NO2/c1-4-13(16-11(2)15)10-14(3)12-8-6-5-7-9-12/h5-9,13H,4,10H2,1-3H3. The zero-order chi connectivity index (χ0) is 12.0. The normalized spacial score (nSPS) is 11.9. The number of ether oxygens (including phenoxy) is 1. The molecule has 0 aliphatic rings. The van der Waals surface area contributed by atoms with Crippen molar-refractivity contribution in [2.75, 3.05) is 18.5 Å². The van der Waals surface area contributed by atoms with Gasteiger partial charge in [0, 0.05) is 19.7 Å². The lowest BCUT2D eigenvalue weighted by atomic mass is 10.2. The Labute approximate surface area is 97.0 Å². The molecule has 1 atom stereocenters. The van der Waals surface area contributed by atoms with Gasteiger partial charge in [0.2, 0.25) is 0 Å². The van der Waals surface area contributed by atoms with E-state index >= 15 is 0 Å². The number of rotatable bonds is 5. The summed E-state index contributed by atoms with van der Waals surface area (Å²) in [6.07, 6.45) is 0.791. The van der Waals surface area contributed by atoms with E-state index in [-0.39, 0.29) is 12.1 Å². The molecule has 0 radical (unpaired) electrons. The Bertz CT molecular complexity index is 324. The highest BCUT2D eigenvalue weighted by molar-refractivity contribution is 5.66. The van der Waals surface area contributed by atoms with Crippen molar-refractivity contribution >= 4 is 11.7 Å². The predicted molar refractivity (Wildman–Crippen MR) is 65.6 cm³/mol. The van der Waals surface area contributed by atoms with Gasteiger partial charge in [0.05, 0.1) is 6.54 Å². The molecule has 3 nitrogen and oxygen atoms in total. The van der Waals surface area contributed by atoms with E-state index in [9.17, 15) is 4.79 Å². The molecule has 1 unspecified atom stereocenters. The molecule has 16 heavy (non-hydrogen) atoms. The highest BCUT2D eigenvalue weighted by atomic mass is 16.5. The smallest absolute Gasteiger partial charge is 0.302 e. The Hall–Kier alpha value is -1.51. The third-order valence-electron chi connectivity index (χ3n) is 2.46. The first-order valence-corrected chi connectivity index (χ1v) is 5.57. The SMILES string of the molecule is CCC(CN(C)c1ccccc1)OC(C)=O. The summed E-state index contributed by atoms with van der Waals surface area (Å²) >= 11 is 0. The van der Waals surface area contributed by atoms with Crippen LogP contribution < -0.4 is 4.90 Å². The van der Waals surface area contributed by atoms with E-state index in [0.29, 0.717) is 0 Å². The quantitative estimate of drug-likeness (QED) is 0.715. The first-order chi connectivity index (χ1) is 7.63. The van der Waals surface area contributed by atoms with Crippen LogP contribution in [0.5, 0.6) is 0 Å². The monoisotopic (exact) mass is 221 g/mol. The summed E-state index contributed by atoms with van der Waals surface area (Å²) in [6.45, 7) is 4.19. The highest BCUT2D eigenvalue weighted by Crippen LogP contribution is 2.13. The topological polar surface area (TPSA) is 29.5 Å². The summed E-state index contributed by atoms with van der Waals surface area (Å²) in [5.41, 5.74) is 1.13. The molecule has 0 aliphatic heterocycles. The number of benzene rings is 1. The number of nitrogens with zero attached hydrogens (tertiary/aromatic N) is 1. The Kier molecular flexibility index (Phi) is 4.83. The zero-order valence-corrected chi connectivity index (χ0v) is 10.1. The molecule has 1 aromatic carbocycles. The second-order valence-electron chi connectivity index (χ2n) is 3.86. The van der Waals surface area contributed by atoms with Crippen LogP contribution in [0.25, 0.3) is 0 Å². The van der Waals surface area contributed by atoms with Crippen LogP contribution in [0.15, 0.2) is 30.3 Å². The van der Waals surface area contributed by atoms with Crippen molar-refractivity contribution < 1.29 is 9.53 Å². The largest absolute Gasteiger partial charge is 0.461 e. The Morgan fingerprint density at radius 2 is 2.00 bits per heavy atom. The molecule has 0 saturated heterocycles. The van der Waals surface area contributed by atoms with E-state index in [4.69, 9.17) is 4.74 Å². The van der Waals surface area contributed by atoms with Gasteiger partial charge in [0.1, 0.15) is 6.10 Å². The molecule has 0 fully saturated rings. The van der Waals surface area contributed by atoms with Crippen LogP contribution in [0.1, 0.15) is 20.3 Å². The zero-order valence-electron chi connectivity index (χ0n) is 10.1. The fraction of sp³-hybridized carbons (Fsp3) is 0.462. The van der Waals surface area contributed by atoms with Crippen LogP contribution >= 0.6 is 0 Å². The van der Waals surface area contributed by atoms with Crippen LogP contribution in [0, 0.1) is 0 Å². The van der Waals surface area contributed by atoms with Crippen molar-refractivity contribution in [1.82, 2.24) is 0 Å². The average molecular weight is 221 g/mol. The molecule has 0 saturated carbocycles. The molecule has 3 heteroatoms. The lowest BCUT2D eigenvalue weighted by Crippen LogP contribution is -2.31. The number of carbonyl (C=O) groups excluding carboxylic acids is 1. The summed E-state index contributed by atoms with van der Waals surface area (Å²) in [7, 11) is 2.00. The van der Waals surface area contributed by atoms with Crippen LogP contribution in [-0.2, 0) is 9.53 Å². The molecule has 0 heterocycles. The van der Waals surface area contributed by atoms with Crippen molar-refractivity contribution in [2.45, 2.75) is 26.4 Å². The van der Waals surface area contributed by atoms with Gasteiger partial charge in [-0.1, -0.05) is 25.1 Å². The molecule has 1 rings (SSSR count). The van der Waals surface area contributed by atoms with Gasteiger partial charge < -0.3 is 9.64 Å². The first kappa shape index (κ1) is 12.6. The van der Waals surface area contributed by atoms with Crippen molar-refractivity contribution in [3.63, 3.8) is 0 Å². The van der Waals surface area contributed by atoms with Crippen LogP contribution in [-0.4, -0.2) is 25.7 Å². The minimum atomic E-state index is -0.215. The van der Waals surface area contributed by atoms with Crippen molar-refractivity contribution in [1.29, 1.82) is 0 Å². The van der Waals surface area contributed by atoms with Gasteiger partial charge in [0.25, 0.3) is 0 Å². The Balaban J connectivity index is 2.55. The summed E-state index contributed by atoms with van der Waals surface area (Å²) in [6, 6.07) is 10.1. The molecule has 0 bridgehead atoms. The molecule has 1 aromatic rings. The second-order valence-corrected chi connectivity index (χ2v) is 3.86. The summed E-state index contributed by atoms with van der Waals surface area (Å²) < 4.78 is 5.21. The lowest BCUT2D eigenvalue weighted by Gasteiger charge is -2.24. The Morgan fingerprint density at radius 1 is 1.38 bits per heavy atom. The minimum absolute atomic E-state index is 0.0392. The maximum absolute atomic E-state index is 10.9. The average Bonchev–Trinajstić information content (AvgIpc) is 2.28. The predicted octanol–water partition coefficient (Wildman–Crippen LogP) is 2.46. The van der Waals surface area contributed by atoms with E-state index in [1.807, 2.05) is 44.3 Å². The molecule has 0 N–H and O–H groups in total. The molecular weight excluding hydrogens is 202 g/mol. The van der Waals surface area contributed by atoms with Gasteiger partial charge in [-0.3, -0.25) is 4.79 Å². The maximum atomic E-state index is 10.9. The molecular formula is C13H19NO2. The van der Waals surface area contributed by atoms with E-state index in [1.165, 1.54) is 6.92 Å². The summed E-state index contributed by atoms with van der Waals surface area (Å²) in [5, 5.41) is 0. The molecule has 0 spiro atoms. The van der Waals surface area contributed by atoms with E-state index in [0.717, 1.165) is 18.7 Å². The summed E-state index contributed by atoms with van der Waals surface area (Å²) in [4.78, 5) is 13.0. The second kappa shape index (κ2) is 6.16. The van der Waals surface area contributed by atoms with Crippen LogP contribution in [0.4, 0.5) is 5.69 Å². The summed E-state index contributed by atoms with van der Waals surface area (Å²) in [5.74, 6) is -0.215. The van der Waals surface area contributed by atoms with Gasteiger partial charge in [-0.15, -0.1) is 0 Å². The minimum Gasteiger partial charge on any atom is -0.461 e. The number of hydrogen-bond acceptors (Lipinski definition) is 3. The van der Waals surface area contributed by atoms with Crippen molar-refractivity contribution in [3.05, 3.63) is 30.3 Å². The molecule has 0 aliphatic carbocycles. The van der Waals surface area contributed by atoms with Gasteiger partial charge in [-0.25, -0.2) is 0 Å². The van der Waals surface area contributed by atoms with Crippen molar-refractivity contribution in [3.8, 4) is 0 Å². The van der Waals surface area contributed by atoms with E-state index in [2.05, 4.69) is 4.90 Å². The lowest BCUT2D eigenvalue weighted by molar-refractivity contribution is -0.145. The number of hydrogen-bond donors (Lipinski definition) is 0. The van der Waals surface area contributed by atoms with Crippen molar-refractivity contribution in [2.24, 2.45) is 0 Å². The maximum Gasteiger partial charge on any atom is 0.302 e. The number of likely N-dealkylation sites (N-methyl/N-ethyl adjacent to an activating group) is 1. The van der Waals surface area contributed by atoms with E-state index < -0.39 is 0 Å². The number of esters is 1. The highest BCUT2D eigenvalue weighted by Gasteiger charge is 2.12.